The van der Waals surface area contributed by atoms with Crippen molar-refractivity contribution in [2.75, 3.05) is 16.6 Å². The third-order valence-corrected chi connectivity index (χ3v) is 6.39. The summed E-state index contributed by atoms with van der Waals surface area (Å²) in [5.74, 6) is -0.0648. The Bertz CT molecular complexity index is 1400. The van der Waals surface area contributed by atoms with Gasteiger partial charge in [0.05, 0.1) is 4.90 Å². The van der Waals surface area contributed by atoms with E-state index in [9.17, 15) is 18.0 Å². The van der Waals surface area contributed by atoms with Crippen molar-refractivity contribution in [3.63, 3.8) is 0 Å². The molecule has 35 heavy (non-hydrogen) atoms. The van der Waals surface area contributed by atoms with Gasteiger partial charge in [-0.15, -0.1) is 0 Å². The van der Waals surface area contributed by atoms with Crippen LogP contribution in [0.15, 0.2) is 114 Å². The van der Waals surface area contributed by atoms with E-state index >= 15 is 0 Å². The van der Waals surface area contributed by atoms with Gasteiger partial charge in [0, 0.05) is 22.5 Å². The Balaban J connectivity index is 1.30. The van der Waals surface area contributed by atoms with Crippen molar-refractivity contribution in [1.82, 2.24) is 0 Å². The average Bonchev–Trinajstić information content (AvgIpc) is 2.88. The lowest BCUT2D eigenvalue weighted by Crippen LogP contribution is -2.20. The van der Waals surface area contributed by atoms with E-state index in [1.165, 1.54) is 24.3 Å². The van der Waals surface area contributed by atoms with Crippen LogP contribution in [0.2, 0.25) is 0 Å². The van der Waals surface area contributed by atoms with Crippen LogP contribution in [0, 0.1) is 0 Å². The fourth-order valence-corrected chi connectivity index (χ4v) is 4.30. The first kappa shape index (κ1) is 23.7. The van der Waals surface area contributed by atoms with E-state index in [-0.39, 0.29) is 17.3 Å². The molecule has 0 atom stereocenters. The highest BCUT2D eigenvalue weighted by atomic mass is 32.2. The van der Waals surface area contributed by atoms with Crippen molar-refractivity contribution < 1.29 is 22.7 Å². The highest BCUT2D eigenvalue weighted by Crippen LogP contribution is 2.19. The number of carbonyl (C=O) groups is 2. The Morgan fingerprint density at radius 2 is 1.23 bits per heavy atom. The van der Waals surface area contributed by atoms with Crippen LogP contribution < -0.4 is 14.8 Å². The lowest BCUT2D eigenvalue weighted by Gasteiger charge is -2.10. The molecule has 0 saturated carbocycles. The molecule has 0 aliphatic heterocycles. The molecule has 7 nitrogen and oxygen atoms in total. The Hall–Kier alpha value is -4.43. The number of ether oxygens (including phenoxy) is 1. The number of rotatable bonds is 9. The zero-order valence-electron chi connectivity index (χ0n) is 18.5. The van der Waals surface area contributed by atoms with Crippen molar-refractivity contribution in [3.8, 4) is 5.75 Å². The van der Waals surface area contributed by atoms with E-state index in [1.54, 1.807) is 78.9 Å². The van der Waals surface area contributed by atoms with Gasteiger partial charge in [-0.05, 0) is 60.7 Å². The number of ketones is 1. The number of sulfonamides is 1. The lowest BCUT2D eigenvalue weighted by molar-refractivity contribution is -0.118. The molecule has 4 rings (SSSR count). The van der Waals surface area contributed by atoms with Crippen LogP contribution in [-0.2, 0) is 14.8 Å². The summed E-state index contributed by atoms with van der Waals surface area (Å²) in [6.45, 7) is -0.248. The zero-order valence-corrected chi connectivity index (χ0v) is 19.4. The number of hydrogen-bond donors (Lipinski definition) is 2. The van der Waals surface area contributed by atoms with Gasteiger partial charge in [-0.25, -0.2) is 8.42 Å². The van der Waals surface area contributed by atoms with Crippen LogP contribution >= 0.6 is 0 Å². The van der Waals surface area contributed by atoms with Gasteiger partial charge >= 0.3 is 0 Å². The molecule has 0 spiro atoms. The van der Waals surface area contributed by atoms with E-state index in [4.69, 9.17) is 4.74 Å². The summed E-state index contributed by atoms with van der Waals surface area (Å²) >= 11 is 0. The van der Waals surface area contributed by atoms with Crippen LogP contribution in [0.4, 0.5) is 11.4 Å². The summed E-state index contributed by atoms with van der Waals surface area (Å²) in [6, 6.07) is 29.9. The third kappa shape index (κ3) is 6.33. The average molecular weight is 487 g/mol. The molecule has 0 aliphatic rings. The summed E-state index contributed by atoms with van der Waals surface area (Å²) in [5.41, 5.74) is 2.00. The third-order valence-electron chi connectivity index (χ3n) is 5.00. The first-order chi connectivity index (χ1) is 16.9. The first-order valence-corrected chi connectivity index (χ1v) is 12.2. The summed E-state index contributed by atoms with van der Waals surface area (Å²) < 4.78 is 33.0. The SMILES string of the molecule is O=C(COc1ccc(C(=O)c2ccccc2)cc1)Nc1ccc(S(=O)(=O)Nc2ccccc2)cc1. The second-order valence-corrected chi connectivity index (χ2v) is 9.23. The quantitative estimate of drug-likeness (QED) is 0.333. The monoisotopic (exact) mass is 486 g/mol. The smallest absolute Gasteiger partial charge is 0.262 e. The molecule has 0 aliphatic carbocycles. The van der Waals surface area contributed by atoms with Crippen LogP contribution in [0.25, 0.3) is 0 Å². The number of anilines is 2. The van der Waals surface area contributed by atoms with Crippen molar-refractivity contribution in [1.29, 1.82) is 0 Å². The number of carbonyl (C=O) groups excluding carboxylic acids is 2. The summed E-state index contributed by atoms with van der Waals surface area (Å²) in [4.78, 5) is 24.8. The fraction of sp³-hybridized carbons (Fsp3) is 0.0370. The van der Waals surface area contributed by atoms with Gasteiger partial charge in [0.25, 0.3) is 15.9 Å². The predicted molar refractivity (Wildman–Crippen MR) is 134 cm³/mol. The molecular weight excluding hydrogens is 464 g/mol. The molecule has 0 heterocycles. The van der Waals surface area contributed by atoms with Gasteiger partial charge in [-0.3, -0.25) is 14.3 Å². The second-order valence-electron chi connectivity index (χ2n) is 7.55. The maximum atomic E-state index is 12.5. The molecule has 0 unspecified atom stereocenters. The molecular formula is C27H22N2O5S. The molecule has 0 radical (unpaired) electrons. The van der Waals surface area contributed by atoms with Crippen molar-refractivity contribution in [3.05, 3.63) is 120 Å². The van der Waals surface area contributed by atoms with Gasteiger partial charge < -0.3 is 10.1 Å². The molecule has 4 aromatic rings. The van der Waals surface area contributed by atoms with E-state index in [1.807, 2.05) is 6.07 Å². The van der Waals surface area contributed by atoms with Crippen molar-refractivity contribution in [2.24, 2.45) is 0 Å². The van der Waals surface area contributed by atoms with E-state index < -0.39 is 15.9 Å². The molecule has 2 N–H and O–H groups in total. The van der Waals surface area contributed by atoms with Crippen molar-refractivity contribution >= 4 is 33.1 Å². The van der Waals surface area contributed by atoms with Gasteiger partial charge in [0.15, 0.2) is 12.4 Å². The molecule has 0 saturated heterocycles. The number of amides is 1. The van der Waals surface area contributed by atoms with Crippen LogP contribution in [0.5, 0.6) is 5.75 Å². The molecule has 0 aromatic heterocycles. The number of benzene rings is 4. The minimum absolute atomic E-state index is 0.0701. The first-order valence-electron chi connectivity index (χ1n) is 10.7. The fourth-order valence-electron chi connectivity index (χ4n) is 3.24. The predicted octanol–water partition coefficient (Wildman–Crippen LogP) is 4.74. The molecule has 0 fully saturated rings. The van der Waals surface area contributed by atoms with Crippen LogP contribution in [-0.4, -0.2) is 26.7 Å². The highest BCUT2D eigenvalue weighted by molar-refractivity contribution is 7.92. The Morgan fingerprint density at radius 1 is 0.657 bits per heavy atom. The maximum Gasteiger partial charge on any atom is 0.262 e. The normalized spacial score (nSPS) is 10.9. The van der Waals surface area contributed by atoms with Crippen molar-refractivity contribution in [2.45, 2.75) is 4.90 Å². The van der Waals surface area contributed by atoms with Gasteiger partial charge in [0.2, 0.25) is 0 Å². The Morgan fingerprint density at radius 3 is 1.86 bits per heavy atom. The highest BCUT2D eigenvalue weighted by Gasteiger charge is 2.14. The van der Waals surface area contributed by atoms with Gasteiger partial charge in [-0.1, -0.05) is 48.5 Å². The second kappa shape index (κ2) is 10.7. The molecule has 8 heteroatoms. The standard InChI is InChI=1S/C27H22N2O5S/c30-26(19-34-24-15-11-21(12-16-24)27(31)20-7-3-1-4-8-20)28-22-13-17-25(18-14-22)35(32,33)29-23-9-5-2-6-10-23/h1-18,29H,19H2,(H,28,30). The van der Waals surface area contributed by atoms with Crippen LogP contribution in [0.3, 0.4) is 0 Å². The number of hydrogen-bond acceptors (Lipinski definition) is 5. The topological polar surface area (TPSA) is 102 Å². The van der Waals surface area contributed by atoms with E-state index in [0.29, 0.717) is 28.3 Å². The minimum atomic E-state index is -3.74. The largest absolute Gasteiger partial charge is 0.484 e. The number of nitrogens with one attached hydrogen (secondary N) is 2. The summed E-state index contributed by atoms with van der Waals surface area (Å²) in [6.07, 6.45) is 0. The minimum Gasteiger partial charge on any atom is -0.484 e. The summed E-state index contributed by atoms with van der Waals surface area (Å²) in [7, 11) is -3.74. The van der Waals surface area contributed by atoms with Gasteiger partial charge in [0.1, 0.15) is 5.75 Å². The van der Waals surface area contributed by atoms with Crippen LogP contribution in [0.1, 0.15) is 15.9 Å². The zero-order chi connectivity index (χ0) is 24.7. The molecule has 4 aromatic carbocycles. The van der Waals surface area contributed by atoms with E-state index in [2.05, 4.69) is 10.0 Å². The molecule has 0 bridgehead atoms. The van der Waals surface area contributed by atoms with Gasteiger partial charge in [-0.2, -0.15) is 0 Å². The Kier molecular flexibility index (Phi) is 7.23. The molecule has 1 amide bonds. The number of para-hydroxylation sites is 1. The summed E-state index contributed by atoms with van der Waals surface area (Å²) in [5, 5.41) is 2.66. The van der Waals surface area contributed by atoms with E-state index in [0.717, 1.165) is 0 Å². The molecule has 176 valence electrons. The lowest BCUT2D eigenvalue weighted by atomic mass is 10.0. The maximum absolute atomic E-state index is 12.5. The Labute approximate surface area is 203 Å².